The number of aliphatic carboxylic acids is 2. The highest BCUT2D eigenvalue weighted by atomic mass is 32.1. The van der Waals surface area contributed by atoms with Gasteiger partial charge in [-0.15, -0.1) is 0 Å². The Labute approximate surface area is 461 Å². The standard InChI is InChI=1S/C39H68N18O16S4/c40-15(7-25(41)59)28(63)51-18(8-26(42)60)31(66)54-22(12-75)34(69)56-24(14-77)36(71)57-23(13-76)35(70)55-21(11-74)33(68)50-16(3-1-5-47-38(43)44)29(64)49-17(4-2-6-48-39(45)46)30(65)52-19(9-27(61)62)32(67)53-20(10-58)37(72)73/h15-24,58,74-77H,1-14,40H2,(H2,41,59)(H2,42,60)(H,49,64)(H,50,68)(H,51,63)(H,52,65)(H,53,67)(H,54,66)(H,55,70)(H,56,69)(H,57,71)(H,61,62)(H,72,73)(H4,43,44,47)(H4,45,46,48)/t15-,16-,17-,18-,19-,20-,21-,22-,23-,24-/m0/s1. The predicted octanol–water partition coefficient (Wildman–Crippen LogP) is -10.8. The van der Waals surface area contributed by atoms with Gasteiger partial charge < -0.3 is 102 Å². The van der Waals surface area contributed by atoms with Crippen LogP contribution < -0.4 is 87.2 Å². The van der Waals surface area contributed by atoms with Crippen molar-refractivity contribution >= 4 is 139 Å². The summed E-state index contributed by atoms with van der Waals surface area (Å²) in [4.78, 5) is 166. The Morgan fingerprint density at radius 1 is 0.403 bits per heavy atom. The minimum absolute atomic E-state index is 0.00794. The fraction of sp³-hybridized carbons (Fsp3) is 0.615. The van der Waals surface area contributed by atoms with E-state index in [1.165, 1.54) is 0 Å². The molecule has 0 aliphatic rings. The van der Waals surface area contributed by atoms with Crippen molar-refractivity contribution in [1.82, 2.24) is 58.5 Å². The van der Waals surface area contributed by atoms with Crippen molar-refractivity contribution < 1.29 is 77.6 Å². The molecule has 0 saturated carbocycles. The predicted molar refractivity (Wildman–Crippen MR) is 284 cm³/mol. The van der Waals surface area contributed by atoms with Gasteiger partial charge in [-0.3, -0.25) is 68.4 Å². The third-order valence-electron chi connectivity index (χ3n) is 10.1. The minimum atomic E-state index is -1.95. The van der Waals surface area contributed by atoms with Gasteiger partial charge >= 0.3 is 11.9 Å². The summed E-state index contributed by atoms with van der Waals surface area (Å²) in [5.41, 5.74) is 26.5. The highest BCUT2D eigenvalue weighted by Gasteiger charge is 2.35. The van der Waals surface area contributed by atoms with Gasteiger partial charge in [0, 0.05) is 36.1 Å². The molecule has 0 fully saturated rings. The first-order chi connectivity index (χ1) is 36.0. The summed E-state index contributed by atoms with van der Waals surface area (Å²) < 4.78 is 0. The number of aliphatic hydroxyl groups excluding tert-OH is 1. The summed E-state index contributed by atoms with van der Waals surface area (Å²) in [6.45, 7) is -1.16. The van der Waals surface area contributed by atoms with Gasteiger partial charge in [-0.25, -0.2) is 4.79 Å². The largest absolute Gasteiger partial charge is 0.481 e. The molecule has 434 valence electrons. The number of rotatable bonds is 38. The summed E-state index contributed by atoms with van der Waals surface area (Å²) in [7, 11) is 0. The van der Waals surface area contributed by atoms with E-state index in [0.29, 0.717) is 0 Å². The summed E-state index contributed by atoms with van der Waals surface area (Å²) in [5, 5.41) is 68.0. The molecule has 10 atom stereocenters. The zero-order chi connectivity index (χ0) is 59.1. The molecule has 0 bridgehead atoms. The number of thiol groups is 4. The Morgan fingerprint density at radius 2 is 0.675 bits per heavy atom. The second kappa shape index (κ2) is 36.9. The number of amides is 11. The van der Waals surface area contributed by atoms with Crippen LogP contribution in [0.3, 0.4) is 0 Å². The molecule has 34 nitrogen and oxygen atoms in total. The van der Waals surface area contributed by atoms with Crippen LogP contribution in [-0.2, 0) is 62.3 Å². The van der Waals surface area contributed by atoms with Gasteiger partial charge in [0.05, 0.1) is 31.9 Å². The maximum Gasteiger partial charge on any atom is 0.328 e. The fourth-order valence-electron chi connectivity index (χ4n) is 6.12. The molecule has 0 unspecified atom stereocenters. The number of carbonyl (C=O) groups is 13. The molecular weight excluding hydrogens is 1100 g/mol. The Morgan fingerprint density at radius 3 is 0.961 bits per heavy atom. The maximum atomic E-state index is 14.0. The highest BCUT2D eigenvalue weighted by Crippen LogP contribution is 2.07. The topological polar surface area (TPSA) is 593 Å². The Bertz CT molecular complexity index is 2150. The number of hydrogen-bond donors (Lipinski definition) is 25. The lowest BCUT2D eigenvalue weighted by Gasteiger charge is -2.27. The van der Waals surface area contributed by atoms with Gasteiger partial charge in [-0.2, -0.15) is 50.5 Å². The van der Waals surface area contributed by atoms with Crippen LogP contribution in [0.4, 0.5) is 0 Å². The summed E-state index contributed by atoms with van der Waals surface area (Å²) in [6.07, 6.45) is -2.99. The zero-order valence-corrected chi connectivity index (χ0v) is 44.6. The first-order valence-corrected chi connectivity index (χ1v) is 25.3. The fourth-order valence-corrected chi connectivity index (χ4v) is 7.15. The molecule has 0 spiro atoms. The van der Waals surface area contributed by atoms with Crippen LogP contribution in [0.1, 0.15) is 44.9 Å². The Hall–Kier alpha value is -7.03. The number of guanidine groups is 2. The summed E-state index contributed by atoms with van der Waals surface area (Å²) in [5.74, 6) is -17.8. The molecule has 0 heterocycles. The van der Waals surface area contributed by atoms with Crippen LogP contribution >= 0.6 is 50.5 Å². The monoisotopic (exact) mass is 1170 g/mol. The second-order valence-corrected chi connectivity index (χ2v) is 17.8. The van der Waals surface area contributed by atoms with Crippen LogP contribution in [0, 0.1) is 10.8 Å². The van der Waals surface area contributed by atoms with E-state index in [9.17, 15) is 77.6 Å². The zero-order valence-electron chi connectivity index (χ0n) is 41.0. The van der Waals surface area contributed by atoms with Gasteiger partial charge in [-0.1, -0.05) is 0 Å². The van der Waals surface area contributed by atoms with Gasteiger partial charge in [0.1, 0.15) is 54.4 Å². The number of primary amides is 2. The average Bonchev–Trinajstić information content (AvgIpc) is 3.34. The summed E-state index contributed by atoms with van der Waals surface area (Å²) >= 11 is 16.4. The molecule has 38 heteroatoms. The first-order valence-electron chi connectivity index (χ1n) is 22.8. The number of nitrogens with two attached hydrogens (primary N) is 5. The van der Waals surface area contributed by atoms with E-state index in [1.807, 2.05) is 5.32 Å². The highest BCUT2D eigenvalue weighted by molar-refractivity contribution is 7.80. The van der Waals surface area contributed by atoms with Gasteiger partial charge in [0.15, 0.2) is 11.9 Å². The third-order valence-corrected chi connectivity index (χ3v) is 11.6. The second-order valence-electron chi connectivity index (χ2n) is 16.3. The van der Waals surface area contributed by atoms with E-state index in [2.05, 4.69) is 104 Å². The lowest BCUT2D eigenvalue weighted by atomic mass is 10.1. The van der Waals surface area contributed by atoms with E-state index in [4.69, 9.17) is 39.5 Å². The molecular formula is C39H68N18O16S4. The molecule has 26 N–H and O–H groups in total. The van der Waals surface area contributed by atoms with E-state index in [-0.39, 0.29) is 38.8 Å². The molecule has 11 amide bonds. The Kier molecular flexibility index (Phi) is 33.5. The molecule has 0 aliphatic heterocycles. The van der Waals surface area contributed by atoms with E-state index < -0.39 is 198 Å². The molecule has 77 heavy (non-hydrogen) atoms. The van der Waals surface area contributed by atoms with Gasteiger partial charge in [-0.05, 0) is 25.7 Å². The molecule has 0 aromatic carbocycles. The molecule has 0 radical (unpaired) electrons. The summed E-state index contributed by atoms with van der Waals surface area (Å²) in [6, 6.07) is -16.4. The van der Waals surface area contributed by atoms with Crippen molar-refractivity contribution in [1.29, 1.82) is 10.8 Å². The molecule has 0 aromatic rings. The average molecular weight is 1170 g/mol. The van der Waals surface area contributed by atoms with Crippen molar-refractivity contribution in [2.24, 2.45) is 28.7 Å². The normalized spacial score (nSPS) is 14.6. The van der Waals surface area contributed by atoms with Crippen molar-refractivity contribution in [3.05, 3.63) is 0 Å². The van der Waals surface area contributed by atoms with Crippen LogP contribution in [0.5, 0.6) is 0 Å². The van der Waals surface area contributed by atoms with E-state index in [0.717, 1.165) is 0 Å². The quantitative estimate of drug-likeness (QED) is 0.0118. The lowest BCUT2D eigenvalue weighted by Crippen LogP contribution is -2.61. The van der Waals surface area contributed by atoms with Crippen LogP contribution in [0.2, 0.25) is 0 Å². The molecule has 0 aromatic heterocycles. The molecule has 0 aliphatic carbocycles. The van der Waals surface area contributed by atoms with Crippen molar-refractivity contribution in [2.75, 3.05) is 42.7 Å². The van der Waals surface area contributed by atoms with Gasteiger partial charge in [0.25, 0.3) is 0 Å². The number of carboxylic acid groups (broad SMARTS) is 2. The number of carboxylic acids is 2. The van der Waals surface area contributed by atoms with Crippen molar-refractivity contribution in [3.63, 3.8) is 0 Å². The smallest absolute Gasteiger partial charge is 0.328 e. The SMILES string of the molecule is N=C(N)NCCC[C@H](NC(=O)[C@H](CCCNC(=N)N)NC(=O)[C@H](CS)NC(=O)[C@H](CS)NC(=O)[C@H](CS)NC(=O)[C@H](CS)NC(=O)[C@H](CC(N)=O)NC(=O)[C@@H](N)CC(N)=O)C(=O)N[C@@H](CC(=O)O)C(=O)N[C@@H](CO)C(=O)O. The van der Waals surface area contributed by atoms with Crippen molar-refractivity contribution in [3.8, 4) is 0 Å². The lowest BCUT2D eigenvalue weighted by molar-refractivity contribution is -0.144. The maximum absolute atomic E-state index is 14.0. The molecule has 0 rings (SSSR count). The number of carbonyl (C=O) groups excluding carboxylic acids is 11. The van der Waals surface area contributed by atoms with E-state index in [1.54, 1.807) is 0 Å². The number of nitrogens with one attached hydrogen (secondary N) is 13. The van der Waals surface area contributed by atoms with Crippen LogP contribution in [0.25, 0.3) is 0 Å². The van der Waals surface area contributed by atoms with E-state index >= 15 is 0 Å². The van der Waals surface area contributed by atoms with Crippen LogP contribution in [-0.4, -0.2) is 207 Å². The minimum Gasteiger partial charge on any atom is -0.481 e. The Balaban J connectivity index is 6.41. The number of hydrogen-bond acceptors (Lipinski definition) is 21. The molecule has 0 saturated heterocycles. The first kappa shape index (κ1) is 70.0. The van der Waals surface area contributed by atoms with Crippen molar-refractivity contribution in [2.45, 2.75) is 105 Å². The van der Waals surface area contributed by atoms with Gasteiger partial charge in [0.2, 0.25) is 65.0 Å². The van der Waals surface area contributed by atoms with Crippen LogP contribution in [0.15, 0.2) is 0 Å². The third kappa shape index (κ3) is 28.1. The number of aliphatic hydroxyl groups is 1.